The number of alkyl halides is 12. The first-order valence-corrected chi connectivity index (χ1v) is 6.04. The third kappa shape index (κ3) is 3.19. The minimum Gasteiger partial charge on any atom is -0.333 e. The van der Waals surface area contributed by atoms with Gasteiger partial charge in [0.15, 0.2) is 0 Å². The van der Waals surface area contributed by atoms with E-state index >= 15 is 0 Å². The third-order valence-corrected chi connectivity index (χ3v) is 3.29. The number of hydrogen-bond donors (Lipinski definition) is 2. The molecule has 14 heteroatoms. The molecule has 0 saturated carbocycles. The fourth-order valence-electron chi connectivity index (χ4n) is 1.95. The molecule has 2 N–H and O–H groups in total. The zero-order valence-electron chi connectivity index (χ0n) is 11.7. The molecule has 2 nitrogen and oxygen atoms in total. The van der Waals surface area contributed by atoms with E-state index in [4.69, 9.17) is 10.2 Å². The highest BCUT2D eigenvalue weighted by molar-refractivity contribution is 5.34. The van der Waals surface area contributed by atoms with E-state index in [0.717, 1.165) is 0 Å². The van der Waals surface area contributed by atoms with E-state index in [9.17, 15) is 52.7 Å². The molecule has 0 aliphatic rings. The Bertz CT molecular complexity index is 550. The monoisotopic (exact) mass is 410 g/mol. The Morgan fingerprint density at radius 1 is 0.462 bits per heavy atom. The summed E-state index contributed by atoms with van der Waals surface area (Å²) in [5, 5.41) is 16.3. The van der Waals surface area contributed by atoms with Gasteiger partial charge >= 0.3 is 35.9 Å². The van der Waals surface area contributed by atoms with Crippen LogP contribution < -0.4 is 0 Å². The fourth-order valence-corrected chi connectivity index (χ4v) is 1.95. The van der Waals surface area contributed by atoms with Gasteiger partial charge in [0.25, 0.3) is 0 Å². The molecule has 0 radical (unpaired) electrons. The van der Waals surface area contributed by atoms with Crippen molar-refractivity contribution in [3.05, 3.63) is 35.4 Å². The lowest BCUT2D eigenvalue weighted by Crippen LogP contribution is -2.53. The molecule has 0 heterocycles. The largest absolute Gasteiger partial charge is 0.435 e. The van der Waals surface area contributed by atoms with Crippen LogP contribution in [0, 0.1) is 0 Å². The van der Waals surface area contributed by atoms with Crippen molar-refractivity contribution in [2.24, 2.45) is 0 Å². The molecule has 1 aromatic carbocycles. The molecule has 2 unspecified atom stereocenters. The fraction of sp³-hybridized carbons (Fsp3) is 0.500. The van der Waals surface area contributed by atoms with Crippen LogP contribution in [0.2, 0.25) is 0 Å². The average molecular weight is 410 g/mol. The van der Waals surface area contributed by atoms with Gasteiger partial charge in [0, 0.05) is 11.1 Å². The van der Waals surface area contributed by atoms with Crippen molar-refractivity contribution in [1.29, 1.82) is 0 Å². The second-order valence-corrected chi connectivity index (χ2v) is 4.97. The summed E-state index contributed by atoms with van der Waals surface area (Å²) in [5.74, 6) is 0. The maximum atomic E-state index is 13.8. The van der Waals surface area contributed by atoms with Gasteiger partial charge in [-0.1, -0.05) is 24.3 Å². The molecule has 1 aromatic rings. The van der Waals surface area contributed by atoms with Crippen molar-refractivity contribution < 1.29 is 62.9 Å². The molecule has 0 fully saturated rings. The van der Waals surface area contributed by atoms with Crippen molar-refractivity contribution in [3.63, 3.8) is 0 Å². The van der Waals surface area contributed by atoms with Gasteiger partial charge in [-0.2, -0.15) is 43.9 Å². The van der Waals surface area contributed by atoms with Crippen LogP contribution in [-0.4, -0.2) is 34.8 Å². The number of benzene rings is 1. The summed E-state index contributed by atoms with van der Waals surface area (Å²) in [7, 11) is 0. The van der Waals surface area contributed by atoms with Gasteiger partial charge in [-0.25, -0.2) is 8.78 Å². The topological polar surface area (TPSA) is 40.5 Å². The molecular weight excluding hydrogens is 404 g/mol. The quantitative estimate of drug-likeness (QED) is 0.727. The molecule has 0 bridgehead atoms. The minimum absolute atomic E-state index is 0.515. The third-order valence-electron chi connectivity index (χ3n) is 3.29. The maximum Gasteiger partial charge on any atom is 0.435 e. The first-order chi connectivity index (χ1) is 11.2. The highest BCUT2D eigenvalue weighted by Gasteiger charge is 2.74. The van der Waals surface area contributed by atoms with Crippen LogP contribution in [0.4, 0.5) is 52.7 Å². The van der Waals surface area contributed by atoms with Crippen LogP contribution in [0.15, 0.2) is 24.3 Å². The van der Waals surface area contributed by atoms with Crippen LogP contribution >= 0.6 is 0 Å². The standard InChI is InChI=1S/C12H6F12O2/c13-7(9(15,16)17,11(21,22)25)5-1-2-6(4-3-5)8(14,10(18,19)20)12(23,24)26/h1-4,25-26H. The number of hydrogen-bond acceptors (Lipinski definition) is 2. The summed E-state index contributed by atoms with van der Waals surface area (Å²) in [5.41, 5.74) is -16.1. The van der Waals surface area contributed by atoms with Crippen molar-refractivity contribution >= 4 is 0 Å². The number of rotatable bonds is 4. The predicted octanol–water partition coefficient (Wildman–Crippen LogP) is 4.31. The van der Waals surface area contributed by atoms with Crippen LogP contribution in [0.5, 0.6) is 0 Å². The van der Waals surface area contributed by atoms with E-state index in [1.807, 2.05) is 0 Å². The molecule has 0 spiro atoms. The van der Waals surface area contributed by atoms with Gasteiger partial charge in [-0.05, 0) is 0 Å². The molecule has 0 aromatic heterocycles. The Morgan fingerprint density at radius 3 is 0.769 bits per heavy atom. The molecular formula is C12H6F12O2. The van der Waals surface area contributed by atoms with Gasteiger partial charge < -0.3 is 10.2 Å². The summed E-state index contributed by atoms with van der Waals surface area (Å²) in [4.78, 5) is 0. The van der Waals surface area contributed by atoms with Crippen molar-refractivity contribution in [2.75, 3.05) is 0 Å². The smallest absolute Gasteiger partial charge is 0.333 e. The van der Waals surface area contributed by atoms with Gasteiger partial charge in [-0.3, -0.25) is 0 Å². The highest BCUT2D eigenvalue weighted by Crippen LogP contribution is 2.54. The van der Waals surface area contributed by atoms with Crippen LogP contribution in [0.25, 0.3) is 0 Å². The Labute approximate surface area is 135 Å². The van der Waals surface area contributed by atoms with Crippen molar-refractivity contribution in [2.45, 2.75) is 35.9 Å². The molecule has 0 aliphatic heterocycles. The Kier molecular flexibility index (Phi) is 5.07. The van der Waals surface area contributed by atoms with Gasteiger partial charge in [0.2, 0.25) is 0 Å². The average Bonchev–Trinajstić information content (AvgIpc) is 2.40. The molecule has 0 saturated heterocycles. The minimum atomic E-state index is -6.50. The lowest BCUT2D eigenvalue weighted by atomic mass is 9.88. The van der Waals surface area contributed by atoms with Crippen molar-refractivity contribution in [3.8, 4) is 0 Å². The Hall–Kier alpha value is -1.70. The maximum absolute atomic E-state index is 13.8. The molecule has 2 atom stereocenters. The lowest BCUT2D eigenvalue weighted by molar-refractivity contribution is -0.377. The summed E-state index contributed by atoms with van der Waals surface area (Å²) < 4.78 is 154. The number of halogens is 12. The normalized spacial score (nSPS) is 19.0. The van der Waals surface area contributed by atoms with E-state index < -0.39 is 71.3 Å². The molecule has 0 amide bonds. The highest BCUT2D eigenvalue weighted by atomic mass is 19.4. The lowest BCUT2D eigenvalue weighted by Gasteiger charge is -2.33. The van der Waals surface area contributed by atoms with E-state index in [1.54, 1.807) is 0 Å². The molecule has 0 aliphatic carbocycles. The van der Waals surface area contributed by atoms with Crippen molar-refractivity contribution in [1.82, 2.24) is 0 Å². The molecule has 26 heavy (non-hydrogen) atoms. The molecule has 150 valence electrons. The Morgan fingerprint density at radius 2 is 0.654 bits per heavy atom. The van der Waals surface area contributed by atoms with E-state index in [-0.39, 0.29) is 0 Å². The predicted molar refractivity (Wildman–Crippen MR) is 58.5 cm³/mol. The zero-order chi connectivity index (χ0) is 21.0. The summed E-state index contributed by atoms with van der Waals surface area (Å²) in [6, 6.07) is -2.06. The first-order valence-electron chi connectivity index (χ1n) is 6.04. The summed E-state index contributed by atoms with van der Waals surface area (Å²) >= 11 is 0. The summed E-state index contributed by atoms with van der Waals surface area (Å²) in [6.45, 7) is 0. The van der Waals surface area contributed by atoms with Gasteiger partial charge in [-0.15, -0.1) is 0 Å². The van der Waals surface area contributed by atoms with E-state index in [0.29, 0.717) is 0 Å². The molecule has 1 rings (SSSR count). The second kappa shape index (κ2) is 5.90. The van der Waals surface area contributed by atoms with Gasteiger partial charge in [0.05, 0.1) is 0 Å². The zero-order valence-corrected chi connectivity index (χ0v) is 11.7. The summed E-state index contributed by atoms with van der Waals surface area (Å²) in [6.07, 6.45) is -25.2. The second-order valence-electron chi connectivity index (χ2n) is 4.97. The van der Waals surface area contributed by atoms with E-state index in [1.165, 1.54) is 0 Å². The van der Waals surface area contributed by atoms with Crippen LogP contribution in [-0.2, 0) is 11.3 Å². The SMILES string of the molecule is OC(F)(F)C(F)(c1ccc(C(F)(C(O)(F)F)C(F)(F)F)cc1)C(F)(F)F. The van der Waals surface area contributed by atoms with Crippen LogP contribution in [0.3, 0.4) is 0 Å². The Balaban J connectivity index is 3.61. The van der Waals surface area contributed by atoms with E-state index in [2.05, 4.69) is 0 Å². The number of aliphatic hydroxyl groups is 2. The van der Waals surface area contributed by atoms with Crippen LogP contribution in [0.1, 0.15) is 11.1 Å². The van der Waals surface area contributed by atoms with Gasteiger partial charge in [0.1, 0.15) is 0 Å². The first kappa shape index (κ1) is 22.3.